The lowest BCUT2D eigenvalue weighted by molar-refractivity contribution is -0.127. The van der Waals surface area contributed by atoms with Crippen molar-refractivity contribution >= 4 is 11.6 Å². The molecule has 0 bridgehead atoms. The van der Waals surface area contributed by atoms with E-state index in [9.17, 15) is 4.79 Å². The van der Waals surface area contributed by atoms with Crippen molar-refractivity contribution in [3.8, 4) is 0 Å². The number of nitrogens with one attached hydrogen (secondary N) is 1. The Morgan fingerprint density at radius 1 is 1.00 bits per heavy atom. The Kier molecular flexibility index (Phi) is 3.75. The van der Waals surface area contributed by atoms with Gasteiger partial charge in [-0.05, 0) is 23.1 Å². The Morgan fingerprint density at radius 2 is 1.87 bits per heavy atom. The normalized spacial score (nSPS) is 17.4. The summed E-state index contributed by atoms with van der Waals surface area (Å²) in [6.45, 7) is 3.76. The molecule has 2 aliphatic heterocycles. The minimum atomic E-state index is 0.217. The van der Waals surface area contributed by atoms with Crippen molar-refractivity contribution in [3.05, 3.63) is 65.2 Å². The molecular formula is C19H21N3O. The number of nitrogens with zero attached hydrogens (tertiary/aromatic N) is 2. The Labute approximate surface area is 136 Å². The maximum Gasteiger partial charge on any atom is 0.238 e. The largest absolute Gasteiger partial charge is 0.384 e. The van der Waals surface area contributed by atoms with E-state index in [0.717, 1.165) is 19.5 Å². The monoisotopic (exact) mass is 307 g/mol. The van der Waals surface area contributed by atoms with Crippen LogP contribution in [0.25, 0.3) is 0 Å². The molecule has 2 aliphatic rings. The lowest BCUT2D eigenvalue weighted by atomic mass is 10.1. The summed E-state index contributed by atoms with van der Waals surface area (Å²) in [5.41, 5.74) is 5.16. The van der Waals surface area contributed by atoms with Gasteiger partial charge in [-0.25, -0.2) is 0 Å². The fourth-order valence-corrected chi connectivity index (χ4v) is 3.49. The zero-order valence-electron chi connectivity index (χ0n) is 13.2. The van der Waals surface area contributed by atoms with Gasteiger partial charge in [0.15, 0.2) is 0 Å². The summed E-state index contributed by atoms with van der Waals surface area (Å²) in [4.78, 5) is 16.4. The Hall–Kier alpha value is -2.33. The summed E-state index contributed by atoms with van der Waals surface area (Å²) in [6.07, 6.45) is 1.10. The number of para-hydroxylation sites is 1. The van der Waals surface area contributed by atoms with Gasteiger partial charge < -0.3 is 10.2 Å². The summed E-state index contributed by atoms with van der Waals surface area (Å²) < 4.78 is 0. The second-order valence-corrected chi connectivity index (χ2v) is 6.33. The molecule has 4 nitrogen and oxygen atoms in total. The molecule has 0 unspecified atom stereocenters. The fourth-order valence-electron chi connectivity index (χ4n) is 3.49. The molecule has 2 heterocycles. The molecule has 2 aromatic rings. The van der Waals surface area contributed by atoms with E-state index in [0.29, 0.717) is 19.8 Å². The van der Waals surface area contributed by atoms with Crippen molar-refractivity contribution in [1.82, 2.24) is 9.80 Å². The first kappa shape index (κ1) is 14.3. The molecule has 1 amide bonds. The van der Waals surface area contributed by atoms with Gasteiger partial charge in [-0.15, -0.1) is 0 Å². The molecule has 0 saturated carbocycles. The molecule has 0 radical (unpaired) electrons. The van der Waals surface area contributed by atoms with Crippen LogP contribution in [0.2, 0.25) is 0 Å². The number of hydrogen-bond donors (Lipinski definition) is 1. The van der Waals surface area contributed by atoms with E-state index in [4.69, 9.17) is 0 Å². The highest BCUT2D eigenvalue weighted by Crippen LogP contribution is 2.28. The van der Waals surface area contributed by atoms with Crippen LogP contribution in [0.5, 0.6) is 0 Å². The predicted octanol–water partition coefficient (Wildman–Crippen LogP) is 2.46. The molecule has 0 atom stereocenters. The van der Waals surface area contributed by atoms with Gasteiger partial charge in [0.2, 0.25) is 5.91 Å². The van der Waals surface area contributed by atoms with E-state index in [2.05, 4.69) is 40.5 Å². The van der Waals surface area contributed by atoms with E-state index < -0.39 is 0 Å². The fraction of sp³-hybridized carbons (Fsp3) is 0.316. The highest BCUT2D eigenvalue weighted by atomic mass is 16.2. The topological polar surface area (TPSA) is 35.6 Å². The summed E-state index contributed by atoms with van der Waals surface area (Å²) in [5.74, 6) is 0.217. The van der Waals surface area contributed by atoms with Crippen molar-refractivity contribution in [2.45, 2.75) is 19.5 Å². The van der Waals surface area contributed by atoms with Crippen molar-refractivity contribution in [2.75, 3.05) is 25.1 Å². The van der Waals surface area contributed by atoms with Crippen LogP contribution in [0.3, 0.4) is 0 Å². The first-order chi connectivity index (χ1) is 11.3. The molecule has 1 fully saturated rings. The van der Waals surface area contributed by atoms with Crippen LogP contribution in [-0.4, -0.2) is 35.5 Å². The number of fused-ring (bicyclic) bond motifs is 1. The molecule has 0 aromatic heterocycles. The second-order valence-electron chi connectivity index (χ2n) is 6.33. The molecule has 0 aliphatic carbocycles. The van der Waals surface area contributed by atoms with Crippen LogP contribution in [0.1, 0.15) is 16.7 Å². The molecule has 4 heteroatoms. The maximum absolute atomic E-state index is 12.3. The summed E-state index contributed by atoms with van der Waals surface area (Å²) in [6, 6.07) is 16.7. The second kappa shape index (κ2) is 6.05. The molecule has 23 heavy (non-hydrogen) atoms. The zero-order chi connectivity index (χ0) is 15.6. The number of rotatable bonds is 4. The number of benzene rings is 2. The van der Waals surface area contributed by atoms with E-state index in [-0.39, 0.29) is 5.91 Å². The first-order valence-corrected chi connectivity index (χ1v) is 8.18. The van der Waals surface area contributed by atoms with Gasteiger partial charge in [-0.1, -0.05) is 48.5 Å². The molecule has 1 saturated heterocycles. The minimum absolute atomic E-state index is 0.217. The number of carbonyl (C=O) groups excluding carboxylic acids is 1. The van der Waals surface area contributed by atoms with Gasteiger partial charge in [0.25, 0.3) is 0 Å². The van der Waals surface area contributed by atoms with Gasteiger partial charge in [0.05, 0.1) is 13.2 Å². The molecule has 0 spiro atoms. The number of hydrogen-bond acceptors (Lipinski definition) is 3. The number of amides is 1. The van der Waals surface area contributed by atoms with Gasteiger partial charge in [0.1, 0.15) is 0 Å². The van der Waals surface area contributed by atoms with Crippen molar-refractivity contribution in [3.63, 3.8) is 0 Å². The Morgan fingerprint density at radius 3 is 2.74 bits per heavy atom. The third kappa shape index (κ3) is 2.94. The molecule has 1 N–H and O–H groups in total. The van der Waals surface area contributed by atoms with Crippen LogP contribution >= 0.6 is 0 Å². The highest BCUT2D eigenvalue weighted by molar-refractivity contribution is 5.80. The smallest absolute Gasteiger partial charge is 0.238 e. The van der Waals surface area contributed by atoms with E-state index in [1.165, 1.54) is 22.4 Å². The third-order valence-corrected chi connectivity index (χ3v) is 4.63. The predicted molar refractivity (Wildman–Crippen MR) is 90.9 cm³/mol. The third-order valence-electron chi connectivity index (χ3n) is 4.63. The Bertz CT molecular complexity index is 714. The lowest BCUT2D eigenvalue weighted by Crippen LogP contribution is -2.26. The summed E-state index contributed by atoms with van der Waals surface area (Å²) in [7, 11) is 0. The van der Waals surface area contributed by atoms with E-state index in [1.54, 1.807) is 0 Å². The van der Waals surface area contributed by atoms with Crippen molar-refractivity contribution in [1.29, 1.82) is 0 Å². The quantitative estimate of drug-likeness (QED) is 0.942. The number of carbonyl (C=O) groups is 1. The summed E-state index contributed by atoms with van der Waals surface area (Å²) >= 11 is 0. The average Bonchev–Trinajstić information content (AvgIpc) is 3.16. The molecule has 4 rings (SSSR count). The summed E-state index contributed by atoms with van der Waals surface area (Å²) in [5, 5.41) is 3.48. The molecule has 118 valence electrons. The number of anilines is 1. The molecular weight excluding hydrogens is 286 g/mol. The van der Waals surface area contributed by atoms with Gasteiger partial charge in [0, 0.05) is 25.3 Å². The Balaban J connectivity index is 1.44. The van der Waals surface area contributed by atoms with Crippen LogP contribution in [0.15, 0.2) is 48.5 Å². The average molecular weight is 307 g/mol. The van der Waals surface area contributed by atoms with E-state index >= 15 is 0 Å². The van der Waals surface area contributed by atoms with Crippen LogP contribution in [-0.2, 0) is 24.3 Å². The lowest BCUT2D eigenvalue weighted by Gasteiger charge is -2.19. The maximum atomic E-state index is 12.3. The van der Waals surface area contributed by atoms with Crippen molar-refractivity contribution < 1.29 is 4.79 Å². The van der Waals surface area contributed by atoms with Gasteiger partial charge in [-0.3, -0.25) is 9.69 Å². The molecule has 2 aromatic carbocycles. The van der Waals surface area contributed by atoms with Crippen LogP contribution < -0.4 is 5.32 Å². The van der Waals surface area contributed by atoms with Gasteiger partial charge >= 0.3 is 0 Å². The van der Waals surface area contributed by atoms with Crippen LogP contribution in [0, 0.1) is 0 Å². The van der Waals surface area contributed by atoms with E-state index in [1.807, 2.05) is 23.1 Å². The minimum Gasteiger partial charge on any atom is -0.384 e. The standard InChI is InChI=1S/C19H21N3O/c23-18-13-21(14-22(18)11-15-5-2-1-3-6-15)12-17-8-4-7-16-9-10-20-19(16)17/h1-8,20H,9-14H2. The SMILES string of the molecule is O=C1CN(Cc2cccc3c2NCC3)CN1Cc1ccccc1. The zero-order valence-corrected chi connectivity index (χ0v) is 13.2. The van der Waals surface area contributed by atoms with Crippen molar-refractivity contribution in [2.24, 2.45) is 0 Å². The van der Waals surface area contributed by atoms with Crippen LogP contribution in [0.4, 0.5) is 5.69 Å². The van der Waals surface area contributed by atoms with Gasteiger partial charge in [-0.2, -0.15) is 0 Å². The highest BCUT2D eigenvalue weighted by Gasteiger charge is 2.28. The first-order valence-electron chi connectivity index (χ1n) is 8.18.